The van der Waals surface area contributed by atoms with Gasteiger partial charge in [0.05, 0.1) is 12.5 Å². The topological polar surface area (TPSA) is 128 Å². The first-order valence-corrected chi connectivity index (χ1v) is 18.3. The highest BCUT2D eigenvalue weighted by Crippen LogP contribution is 2.47. The molecule has 2 aliphatic heterocycles. The van der Waals surface area contributed by atoms with Crippen molar-refractivity contribution in [2.75, 3.05) is 13.2 Å². The van der Waals surface area contributed by atoms with Gasteiger partial charge < -0.3 is 25.6 Å². The van der Waals surface area contributed by atoms with Crippen LogP contribution in [0.1, 0.15) is 87.6 Å². The maximum Gasteiger partial charge on any atom is 0.352 e. The number of allylic oxidation sites excluding steroid dienone is 3. The second-order valence-electron chi connectivity index (χ2n) is 13.5. The summed E-state index contributed by atoms with van der Waals surface area (Å²) >= 11 is 1.48. The van der Waals surface area contributed by atoms with Crippen LogP contribution in [-0.2, 0) is 27.2 Å². The van der Waals surface area contributed by atoms with Gasteiger partial charge in [0.1, 0.15) is 29.8 Å². The zero-order valence-corrected chi connectivity index (χ0v) is 29.6. The van der Waals surface area contributed by atoms with Crippen molar-refractivity contribution in [3.63, 3.8) is 0 Å². The number of hydrogen-bond acceptors (Lipinski definition) is 7. The molecule has 262 valence electrons. The molecule has 0 radical (unpaired) electrons. The maximum atomic E-state index is 13.0. The molecule has 3 aliphatic rings. The first-order chi connectivity index (χ1) is 23.6. The number of hydrogen-bond donors (Lipinski definition) is 4. The Balaban J connectivity index is 1.23. The Morgan fingerprint density at radius 3 is 2.73 bits per heavy atom. The molecule has 10 heteroatoms. The van der Waals surface area contributed by atoms with E-state index in [9.17, 15) is 24.6 Å². The molecule has 0 saturated carbocycles. The molecule has 49 heavy (non-hydrogen) atoms. The van der Waals surface area contributed by atoms with E-state index in [2.05, 4.69) is 50.1 Å². The number of phenolic OH excluding ortho intramolecular Hbond substituents is 1. The average molecular weight is 688 g/mol. The van der Waals surface area contributed by atoms with Crippen molar-refractivity contribution >= 4 is 29.1 Å². The van der Waals surface area contributed by atoms with Crippen LogP contribution in [0.25, 0.3) is 0 Å². The highest BCUT2D eigenvalue weighted by atomic mass is 32.1. The van der Waals surface area contributed by atoms with Crippen molar-refractivity contribution in [1.29, 1.82) is 0 Å². The van der Waals surface area contributed by atoms with Gasteiger partial charge in [-0.3, -0.25) is 14.5 Å². The van der Waals surface area contributed by atoms with Crippen molar-refractivity contribution in [2.45, 2.75) is 96.6 Å². The number of β-lactam (4-membered cyclic amide) rings is 1. The summed E-state index contributed by atoms with van der Waals surface area (Å²) in [5.74, 6) is -0.686. The molecule has 1 aliphatic carbocycles. The van der Waals surface area contributed by atoms with Crippen molar-refractivity contribution in [3.8, 4) is 11.5 Å². The zero-order valence-electron chi connectivity index (χ0n) is 28.8. The summed E-state index contributed by atoms with van der Waals surface area (Å²) in [6, 6.07) is 6.61. The summed E-state index contributed by atoms with van der Waals surface area (Å²) in [4.78, 5) is 40.1. The minimum absolute atomic E-state index is 0.00921. The third-order valence-electron chi connectivity index (χ3n) is 9.82. The van der Waals surface area contributed by atoms with Crippen LogP contribution in [0.4, 0.5) is 0 Å². The number of carboxylic acids is 1. The summed E-state index contributed by atoms with van der Waals surface area (Å²) < 4.78 is 6.32. The van der Waals surface area contributed by atoms with E-state index in [1.165, 1.54) is 21.8 Å². The Morgan fingerprint density at radius 2 is 2.02 bits per heavy atom. The van der Waals surface area contributed by atoms with Crippen LogP contribution >= 0.6 is 11.3 Å². The number of phenols is 1. The molecule has 3 heterocycles. The van der Waals surface area contributed by atoms with Crippen molar-refractivity contribution < 1.29 is 29.3 Å². The van der Waals surface area contributed by atoms with Gasteiger partial charge in [-0.15, -0.1) is 11.3 Å². The molecule has 1 fully saturated rings. The average Bonchev–Trinajstić information content (AvgIpc) is 3.57. The van der Waals surface area contributed by atoms with Gasteiger partial charge in [-0.1, -0.05) is 49.6 Å². The Labute approximate surface area is 293 Å². The first-order valence-electron chi connectivity index (χ1n) is 17.4. The number of aryl methyl sites for hydroxylation is 1. The predicted octanol–water partition coefficient (Wildman–Crippen LogP) is 6.76. The van der Waals surface area contributed by atoms with Gasteiger partial charge >= 0.3 is 5.97 Å². The fourth-order valence-electron chi connectivity index (χ4n) is 7.31. The van der Waals surface area contributed by atoms with Crippen LogP contribution in [0.5, 0.6) is 11.5 Å². The van der Waals surface area contributed by atoms with Gasteiger partial charge in [-0.05, 0) is 105 Å². The minimum atomic E-state index is -1.16. The van der Waals surface area contributed by atoms with Gasteiger partial charge in [-0.25, -0.2) is 4.79 Å². The molecular weight excluding hydrogens is 639 g/mol. The van der Waals surface area contributed by atoms with E-state index in [4.69, 9.17) is 4.74 Å². The monoisotopic (exact) mass is 687 g/mol. The number of ether oxygens (including phenoxy) is 1. The molecule has 2 aromatic rings. The number of rotatable bonds is 16. The fraction of sp³-hybridized carbons (Fsp3) is 0.462. The lowest BCUT2D eigenvalue weighted by atomic mass is 9.73. The van der Waals surface area contributed by atoms with Gasteiger partial charge in [-0.2, -0.15) is 0 Å². The summed E-state index contributed by atoms with van der Waals surface area (Å²) in [6.07, 6.45) is 13.2. The fourth-order valence-corrected chi connectivity index (χ4v) is 8.01. The zero-order chi connectivity index (χ0) is 35.1. The molecule has 4 N–H and O–H groups in total. The number of unbranched alkanes of at least 4 members (excludes halogenated alkanes) is 2. The van der Waals surface area contributed by atoms with E-state index in [0.29, 0.717) is 24.2 Å². The number of thiophene rings is 1. The number of benzene rings is 1. The number of fused-ring (bicyclic) bond motifs is 1. The van der Waals surface area contributed by atoms with E-state index in [0.717, 1.165) is 60.1 Å². The van der Waals surface area contributed by atoms with E-state index in [1.54, 1.807) is 6.20 Å². The smallest absolute Gasteiger partial charge is 0.352 e. The van der Waals surface area contributed by atoms with Gasteiger partial charge in [0.25, 0.3) is 5.91 Å². The number of carbonyl (C=O) groups excluding carboxylic acids is 2. The van der Waals surface area contributed by atoms with Crippen molar-refractivity contribution in [3.05, 3.63) is 93.0 Å². The number of nitrogens with zero attached hydrogens (tertiary/aromatic N) is 1. The summed E-state index contributed by atoms with van der Waals surface area (Å²) in [5, 5.41) is 29.2. The van der Waals surface area contributed by atoms with Crippen LogP contribution in [0, 0.1) is 5.92 Å². The molecule has 4 atom stereocenters. The van der Waals surface area contributed by atoms with Gasteiger partial charge in [0.15, 0.2) is 0 Å². The largest absolute Gasteiger partial charge is 0.507 e. The molecule has 0 spiro atoms. The molecule has 1 aromatic carbocycles. The lowest BCUT2D eigenvalue weighted by molar-refractivity contribution is -0.156. The number of carboxylic acid groups (broad SMARTS) is 1. The van der Waals surface area contributed by atoms with Gasteiger partial charge in [0.2, 0.25) is 5.91 Å². The van der Waals surface area contributed by atoms with Crippen molar-refractivity contribution in [2.24, 2.45) is 5.92 Å². The van der Waals surface area contributed by atoms with Crippen LogP contribution in [0.2, 0.25) is 0 Å². The molecule has 5 rings (SSSR count). The molecule has 0 bridgehead atoms. The summed E-state index contributed by atoms with van der Waals surface area (Å²) in [7, 11) is 0. The third-order valence-corrected chi connectivity index (χ3v) is 10.7. The van der Waals surface area contributed by atoms with E-state index in [1.807, 2.05) is 29.7 Å². The van der Waals surface area contributed by atoms with E-state index < -0.39 is 17.9 Å². The lowest BCUT2D eigenvalue weighted by Gasteiger charge is -2.50. The van der Waals surface area contributed by atoms with Gasteiger partial charge in [0, 0.05) is 22.9 Å². The Morgan fingerprint density at radius 1 is 1.20 bits per heavy atom. The number of carbonyl (C=O) groups is 3. The standard InChI is InChI=1S/C39H49N3O6S/c1-5-6-7-10-26-20-32(43)35(30-19-25(4)12-14-29(30)24(2)3)33(21-26)48-17-9-16-40-23-27-13-15-31-36(38(45)42(31)37(27)39(46)47)41-34(44)22-28-11-8-18-49-28/h8-9,11,16,18-21,29-31,36,40,43H,2,5-7,10,12-15,17,22-23H2,1,3-4H3,(H,41,44)(H,46,47)/b16-9+/t29-,30+,31+,36-/m0/s1. The number of aliphatic carboxylic acids is 1. The highest BCUT2D eigenvalue weighted by molar-refractivity contribution is 7.10. The van der Waals surface area contributed by atoms with Crippen LogP contribution < -0.4 is 15.4 Å². The summed E-state index contributed by atoms with van der Waals surface area (Å²) in [5.41, 5.74) is 4.84. The van der Waals surface area contributed by atoms with Crippen molar-refractivity contribution in [1.82, 2.24) is 15.5 Å². The molecule has 1 aromatic heterocycles. The molecule has 0 unspecified atom stereocenters. The predicted molar refractivity (Wildman–Crippen MR) is 192 cm³/mol. The number of nitrogens with one attached hydrogen (secondary N) is 2. The molecule has 9 nitrogen and oxygen atoms in total. The highest BCUT2D eigenvalue weighted by Gasteiger charge is 2.53. The Kier molecular flexibility index (Phi) is 12.0. The number of amides is 2. The third kappa shape index (κ3) is 8.47. The minimum Gasteiger partial charge on any atom is -0.507 e. The first kappa shape index (κ1) is 36.0. The maximum absolute atomic E-state index is 13.0. The molecular formula is C39H49N3O6S. The lowest BCUT2D eigenvalue weighted by Crippen LogP contribution is -2.71. The molecule has 2 amide bonds. The normalized spacial score (nSPS) is 22.0. The second-order valence-corrected chi connectivity index (χ2v) is 14.5. The Hall–Kier alpha value is -4.31. The van der Waals surface area contributed by atoms with E-state index >= 15 is 0 Å². The van der Waals surface area contributed by atoms with E-state index in [-0.39, 0.29) is 54.8 Å². The SMILES string of the molecule is C=C(C)[C@@H]1CCC(C)=C[C@H]1c1c(O)cc(CCCCC)cc1OC/C=C/NCC1=C(C(=O)O)N2C(=O)[C@@H](NC(=O)Cc3cccs3)[C@H]2CC1. The van der Waals surface area contributed by atoms with Crippen LogP contribution in [0.15, 0.2) is 77.0 Å². The Bertz CT molecular complexity index is 1640. The summed E-state index contributed by atoms with van der Waals surface area (Å²) in [6.45, 7) is 11.1. The van der Waals surface area contributed by atoms with Crippen LogP contribution in [-0.4, -0.2) is 58.1 Å². The second kappa shape index (κ2) is 16.4. The number of aromatic hydroxyl groups is 1. The quantitative estimate of drug-likeness (QED) is 0.0873. The molecule has 1 saturated heterocycles. The van der Waals surface area contributed by atoms with Crippen LogP contribution in [0.3, 0.4) is 0 Å².